The third kappa shape index (κ3) is 9.95. The van der Waals surface area contributed by atoms with Gasteiger partial charge in [0, 0.05) is 73.8 Å². The average Bonchev–Trinajstić information content (AvgIpc) is 3.76. The van der Waals surface area contributed by atoms with Gasteiger partial charge in [0.2, 0.25) is 5.96 Å². The lowest BCUT2D eigenvalue weighted by Gasteiger charge is -2.57. The number of aliphatic imine (C=N–C) groups is 1. The standard InChI is InChI=1S/C50H69N5O11S/c1-11-55(47(60)63-39-19-16-32-25-36-35-17-18-38(58)45-50(35,20-23-54(36)10)41(32)43(39)64-45)22-13-15-37(57)31(24-33(56)26-40(59)65-48(5,6)7)14-12-21-52-46(51)53-67(61,62)44-29(3)28(2)42-34(30(44)4)27-49(8,9)66-42/h16,19,31,35-36,45H,11-15,17-18,20-27H2,1-10H3,(H3,51,52,53)/t31-,35?,36-,45+,50+/m1/s1. The predicted molar refractivity (Wildman–Crippen MR) is 251 cm³/mol. The quantitative estimate of drug-likeness (QED) is 0.0603. The number of rotatable bonds is 17. The highest BCUT2D eigenvalue weighted by atomic mass is 32.2. The van der Waals surface area contributed by atoms with Crippen molar-refractivity contribution in [2.75, 3.05) is 33.2 Å². The molecule has 5 atom stereocenters. The van der Waals surface area contributed by atoms with Crippen molar-refractivity contribution in [3.05, 3.63) is 45.5 Å². The molecule has 1 unspecified atom stereocenters. The van der Waals surface area contributed by atoms with Crippen LogP contribution < -0.4 is 24.7 Å². The summed E-state index contributed by atoms with van der Waals surface area (Å²) in [6.45, 7) is 17.6. The number of carbonyl (C=O) groups is 5. The zero-order chi connectivity index (χ0) is 49.0. The molecule has 0 radical (unpaired) electrons. The Labute approximate surface area is 395 Å². The van der Waals surface area contributed by atoms with Crippen molar-refractivity contribution in [1.82, 2.24) is 14.5 Å². The molecule has 5 aliphatic rings. The zero-order valence-corrected chi connectivity index (χ0v) is 41.7. The number of hydrogen-bond acceptors (Lipinski definition) is 13. The highest BCUT2D eigenvalue weighted by molar-refractivity contribution is 7.90. The molecule has 17 heteroatoms. The summed E-state index contributed by atoms with van der Waals surface area (Å²) in [5.41, 5.74) is 9.34. The lowest BCUT2D eigenvalue weighted by atomic mass is 9.52. The Morgan fingerprint density at radius 2 is 1.81 bits per heavy atom. The first-order chi connectivity index (χ1) is 31.4. The van der Waals surface area contributed by atoms with Crippen LogP contribution in [0.3, 0.4) is 0 Å². The molecule has 2 aromatic rings. The van der Waals surface area contributed by atoms with Gasteiger partial charge in [-0.3, -0.25) is 24.2 Å². The van der Waals surface area contributed by atoms with E-state index >= 15 is 0 Å². The van der Waals surface area contributed by atoms with E-state index in [0.717, 1.165) is 48.1 Å². The first-order valence-corrected chi connectivity index (χ1v) is 25.3. The monoisotopic (exact) mass is 947 g/mol. The number of hydrogen-bond donors (Lipinski definition) is 2. The molecule has 2 aromatic carbocycles. The normalized spacial score (nSPS) is 23.0. The van der Waals surface area contributed by atoms with Crippen LogP contribution >= 0.6 is 0 Å². The van der Waals surface area contributed by atoms with E-state index in [-0.39, 0.29) is 79.3 Å². The number of benzene rings is 2. The van der Waals surface area contributed by atoms with Gasteiger partial charge in [-0.05, 0) is 149 Å². The SMILES string of the molecule is CCN(CCCC(=O)[C@H](CCCN=C(N)NS(=O)(=O)c1c(C)c(C)c2c(c1C)CC(C)(C)O2)CC(=O)CC(=O)OC(C)(C)C)C(=O)Oc1ccc2c3c1O[C@H]1C(=O)CCC4[C@@H](C2)N(C)CC[C@@]341. The highest BCUT2D eigenvalue weighted by Crippen LogP contribution is 2.63. The van der Waals surface area contributed by atoms with Gasteiger partial charge in [0.15, 0.2) is 23.4 Å². The number of amides is 1. The van der Waals surface area contributed by atoms with Crippen molar-refractivity contribution >= 4 is 45.4 Å². The van der Waals surface area contributed by atoms with Gasteiger partial charge in [-0.25, -0.2) is 17.9 Å². The van der Waals surface area contributed by atoms with Crippen LogP contribution in [0.2, 0.25) is 0 Å². The number of ketones is 3. The minimum atomic E-state index is -4.13. The summed E-state index contributed by atoms with van der Waals surface area (Å²) in [4.78, 5) is 75.0. The maximum Gasteiger partial charge on any atom is 0.415 e. The second kappa shape index (κ2) is 18.8. The van der Waals surface area contributed by atoms with Crippen molar-refractivity contribution in [1.29, 1.82) is 0 Å². The van der Waals surface area contributed by atoms with E-state index < -0.39 is 62.9 Å². The molecule has 3 heterocycles. The summed E-state index contributed by atoms with van der Waals surface area (Å²) < 4.78 is 53.9. The van der Waals surface area contributed by atoms with Gasteiger partial charge in [0.25, 0.3) is 10.0 Å². The van der Waals surface area contributed by atoms with Crippen LogP contribution in [-0.4, -0.2) is 110 Å². The summed E-state index contributed by atoms with van der Waals surface area (Å²) >= 11 is 0. The number of sulfonamides is 1. The number of guanidine groups is 1. The second-order valence-electron chi connectivity index (χ2n) is 20.9. The smallest absolute Gasteiger partial charge is 0.415 e. The highest BCUT2D eigenvalue weighted by Gasteiger charge is 2.65. The minimum Gasteiger partial charge on any atom is -0.487 e. The predicted octanol–water partition coefficient (Wildman–Crippen LogP) is 6.11. The average molecular weight is 948 g/mol. The third-order valence-electron chi connectivity index (χ3n) is 14.5. The Bertz CT molecular complexity index is 2490. The molecule has 67 heavy (non-hydrogen) atoms. The lowest BCUT2D eigenvalue weighted by molar-refractivity contribution is -0.156. The van der Waals surface area contributed by atoms with Crippen molar-refractivity contribution < 1.29 is 51.3 Å². The Hall–Kier alpha value is -5.03. The number of fused-ring (bicyclic) bond motifs is 1. The van der Waals surface area contributed by atoms with Crippen molar-refractivity contribution in [2.24, 2.45) is 22.6 Å². The van der Waals surface area contributed by atoms with Gasteiger partial charge in [-0.2, -0.15) is 0 Å². The number of nitrogens with one attached hydrogen (secondary N) is 1. The third-order valence-corrected chi connectivity index (χ3v) is 16.2. The van der Waals surface area contributed by atoms with E-state index in [9.17, 15) is 32.4 Å². The summed E-state index contributed by atoms with van der Waals surface area (Å²) in [5, 5.41) is 0. The first-order valence-electron chi connectivity index (χ1n) is 23.8. The fourth-order valence-corrected chi connectivity index (χ4v) is 13.0. The summed E-state index contributed by atoms with van der Waals surface area (Å²) in [7, 11) is -1.98. The maximum atomic E-state index is 13.8. The van der Waals surface area contributed by atoms with Gasteiger partial charge < -0.3 is 34.5 Å². The van der Waals surface area contributed by atoms with Gasteiger partial charge in [0.05, 0.1) is 4.90 Å². The molecule has 1 saturated carbocycles. The van der Waals surface area contributed by atoms with E-state index in [1.165, 1.54) is 4.90 Å². The van der Waals surface area contributed by atoms with Gasteiger partial charge >= 0.3 is 12.1 Å². The van der Waals surface area contributed by atoms with Crippen LogP contribution in [0.5, 0.6) is 17.2 Å². The molecular formula is C50H69N5O11S. The molecule has 2 fully saturated rings. The number of ether oxygens (including phenoxy) is 4. The van der Waals surface area contributed by atoms with Gasteiger partial charge in [-0.1, -0.05) is 6.07 Å². The molecule has 2 bridgehead atoms. The first kappa shape index (κ1) is 49.9. The van der Waals surface area contributed by atoms with Crippen molar-refractivity contribution in [2.45, 2.75) is 167 Å². The van der Waals surface area contributed by atoms with E-state index in [4.69, 9.17) is 24.7 Å². The molecule has 1 spiro atoms. The number of carbonyl (C=O) groups excluding carboxylic acids is 5. The fraction of sp³-hybridized carbons (Fsp3) is 0.640. The maximum absolute atomic E-state index is 13.8. The molecule has 16 nitrogen and oxygen atoms in total. The number of Topliss-reactive ketones (excluding diaryl/α,β-unsaturated/α-hetero) is 3. The molecule has 1 saturated heterocycles. The summed E-state index contributed by atoms with van der Waals surface area (Å²) in [6.07, 6.45) is 2.42. The molecule has 366 valence electrons. The number of esters is 1. The summed E-state index contributed by atoms with van der Waals surface area (Å²) in [5.74, 6) is -0.587. The van der Waals surface area contributed by atoms with Crippen LogP contribution in [0.15, 0.2) is 22.0 Å². The molecule has 2 aliphatic carbocycles. The number of piperidine rings is 1. The minimum absolute atomic E-state index is 0.0387. The Kier molecular flexibility index (Phi) is 14.0. The Balaban J connectivity index is 0.980. The molecular weight excluding hydrogens is 879 g/mol. The fourth-order valence-electron chi connectivity index (χ4n) is 11.4. The molecule has 3 aliphatic heterocycles. The topological polar surface area (TPSA) is 213 Å². The number of likely N-dealkylation sites (tertiary alicyclic amines) is 1. The number of nitrogens with two attached hydrogens (primary N) is 1. The molecule has 1 amide bonds. The number of nitrogens with zero attached hydrogens (tertiary/aromatic N) is 3. The van der Waals surface area contributed by atoms with Crippen molar-refractivity contribution in [3.63, 3.8) is 0 Å². The van der Waals surface area contributed by atoms with Crippen molar-refractivity contribution in [3.8, 4) is 17.2 Å². The van der Waals surface area contributed by atoms with Crippen LogP contribution in [0.1, 0.15) is 133 Å². The Morgan fingerprint density at radius 3 is 2.51 bits per heavy atom. The molecule has 0 aromatic heterocycles. The molecule has 7 rings (SSSR count). The van der Waals surface area contributed by atoms with E-state index in [0.29, 0.717) is 48.1 Å². The lowest BCUT2D eigenvalue weighted by Crippen LogP contribution is -2.65. The van der Waals surface area contributed by atoms with E-state index in [1.807, 2.05) is 33.8 Å². The van der Waals surface area contributed by atoms with E-state index in [1.54, 1.807) is 40.7 Å². The van der Waals surface area contributed by atoms with Gasteiger partial charge in [0.1, 0.15) is 34.9 Å². The number of likely N-dealkylation sites (N-methyl/N-ethyl adjacent to an activating group) is 1. The van der Waals surface area contributed by atoms with Crippen LogP contribution in [0, 0.1) is 32.6 Å². The molecule has 3 N–H and O–H groups in total. The Morgan fingerprint density at radius 1 is 1.07 bits per heavy atom. The second-order valence-corrected chi connectivity index (χ2v) is 22.5. The zero-order valence-electron chi connectivity index (χ0n) is 40.9. The van der Waals surface area contributed by atoms with E-state index in [2.05, 4.69) is 21.7 Å². The van der Waals surface area contributed by atoms with Crippen LogP contribution in [-0.2, 0) is 52.2 Å². The van der Waals surface area contributed by atoms with Crippen LogP contribution in [0.25, 0.3) is 0 Å². The van der Waals surface area contributed by atoms with Crippen LogP contribution in [0.4, 0.5) is 4.79 Å². The van der Waals surface area contributed by atoms with Gasteiger partial charge in [-0.15, -0.1) is 0 Å². The summed E-state index contributed by atoms with van der Waals surface area (Å²) in [6, 6.07) is 4.09. The largest absolute Gasteiger partial charge is 0.487 e.